The molecule has 1 aliphatic rings. The summed E-state index contributed by atoms with van der Waals surface area (Å²) in [6.07, 6.45) is 0.541. The highest BCUT2D eigenvalue weighted by molar-refractivity contribution is 7.86. The van der Waals surface area contributed by atoms with Crippen molar-refractivity contribution in [1.82, 2.24) is 4.90 Å². The molecule has 1 fully saturated rings. The Morgan fingerprint density at radius 2 is 2.22 bits per heavy atom. The Labute approximate surface area is 107 Å². The zero-order chi connectivity index (χ0) is 13.3. The number of hydrogen-bond donors (Lipinski definition) is 1. The number of nitrogens with zero attached hydrogens (tertiary/aromatic N) is 1. The molecule has 0 aliphatic carbocycles. The highest BCUT2D eigenvalue weighted by Gasteiger charge is 2.34. The number of carboxylic acids is 1. The molecule has 1 heterocycles. The van der Waals surface area contributed by atoms with Gasteiger partial charge in [0.2, 0.25) is 5.91 Å². The summed E-state index contributed by atoms with van der Waals surface area (Å²) in [6.45, 7) is 0.591. The second kappa shape index (κ2) is 4.89. The summed E-state index contributed by atoms with van der Waals surface area (Å²) in [6, 6.07) is 5.93. The van der Waals surface area contributed by atoms with Crippen molar-refractivity contribution in [1.29, 1.82) is 0 Å². The molecule has 0 saturated carbocycles. The van der Waals surface area contributed by atoms with Crippen molar-refractivity contribution in [2.75, 3.05) is 13.6 Å². The molecule has 1 aliphatic heterocycles. The van der Waals surface area contributed by atoms with Gasteiger partial charge in [0, 0.05) is 18.5 Å². The number of likely N-dealkylation sites (tertiary alicyclic amines) is 1. The average molecular weight is 267 g/mol. The van der Waals surface area contributed by atoms with E-state index < -0.39 is 22.0 Å². The van der Waals surface area contributed by atoms with E-state index in [0.717, 1.165) is 0 Å². The minimum absolute atomic E-state index is 0.0830. The molecule has 18 heavy (non-hydrogen) atoms. The maximum atomic E-state index is 12.2. The van der Waals surface area contributed by atoms with Gasteiger partial charge in [0.25, 0.3) is 0 Å². The minimum Gasteiger partial charge on any atom is -0.478 e. The molecule has 0 spiro atoms. The Hall–Kier alpha value is -1.69. The minimum atomic E-state index is -1.49. The maximum Gasteiger partial charge on any atom is 0.335 e. The molecule has 0 bridgehead atoms. The number of carbonyl (C=O) groups excluding carboxylic acids is 1. The summed E-state index contributed by atoms with van der Waals surface area (Å²) >= 11 is 0. The van der Waals surface area contributed by atoms with Crippen LogP contribution in [0.5, 0.6) is 0 Å². The van der Waals surface area contributed by atoms with E-state index in [4.69, 9.17) is 5.11 Å². The lowest BCUT2D eigenvalue weighted by atomic mass is 10.2. The van der Waals surface area contributed by atoms with Crippen LogP contribution in [-0.4, -0.2) is 44.9 Å². The predicted molar refractivity (Wildman–Crippen MR) is 65.9 cm³/mol. The van der Waals surface area contributed by atoms with Gasteiger partial charge in [-0.1, -0.05) is 6.07 Å². The molecule has 1 amide bonds. The van der Waals surface area contributed by atoms with E-state index in [1.165, 1.54) is 12.1 Å². The van der Waals surface area contributed by atoms with Crippen LogP contribution < -0.4 is 0 Å². The Morgan fingerprint density at radius 1 is 1.50 bits per heavy atom. The fourth-order valence-corrected chi connectivity index (χ4v) is 3.37. The summed E-state index contributed by atoms with van der Waals surface area (Å²) in [4.78, 5) is 24.5. The van der Waals surface area contributed by atoms with Crippen LogP contribution in [0.4, 0.5) is 0 Å². The maximum absolute atomic E-state index is 12.2. The normalized spacial score (nSPS) is 21.1. The van der Waals surface area contributed by atoms with E-state index in [-0.39, 0.29) is 11.5 Å². The molecule has 1 saturated heterocycles. The van der Waals surface area contributed by atoms with Gasteiger partial charge in [0.15, 0.2) is 0 Å². The van der Waals surface area contributed by atoms with Gasteiger partial charge in [-0.25, -0.2) is 4.79 Å². The molecule has 2 atom stereocenters. The lowest BCUT2D eigenvalue weighted by Crippen LogP contribution is -2.28. The molecule has 5 nitrogen and oxygen atoms in total. The van der Waals surface area contributed by atoms with Gasteiger partial charge in [-0.2, -0.15) is 0 Å². The van der Waals surface area contributed by atoms with Gasteiger partial charge >= 0.3 is 5.97 Å². The zero-order valence-corrected chi connectivity index (χ0v) is 10.6. The van der Waals surface area contributed by atoms with Crippen LogP contribution in [0.25, 0.3) is 0 Å². The number of aromatic carboxylic acids is 1. The third kappa shape index (κ3) is 2.28. The Balaban J connectivity index is 2.27. The zero-order valence-electron chi connectivity index (χ0n) is 9.83. The summed E-state index contributed by atoms with van der Waals surface area (Å²) in [7, 11) is 0.183. The van der Waals surface area contributed by atoms with Crippen molar-refractivity contribution in [3.8, 4) is 0 Å². The van der Waals surface area contributed by atoms with Crippen LogP contribution in [0.15, 0.2) is 29.2 Å². The van der Waals surface area contributed by atoms with E-state index in [1.807, 2.05) is 0 Å². The molecule has 2 unspecified atom stereocenters. The molecule has 2 rings (SSSR count). The number of benzene rings is 1. The summed E-state index contributed by atoms with van der Waals surface area (Å²) in [5, 5.41) is 8.32. The van der Waals surface area contributed by atoms with Crippen molar-refractivity contribution in [3.63, 3.8) is 0 Å². The molecule has 1 aromatic rings. The van der Waals surface area contributed by atoms with Gasteiger partial charge in [-0.3, -0.25) is 9.00 Å². The highest BCUT2D eigenvalue weighted by atomic mass is 32.2. The molecule has 1 N–H and O–H groups in total. The largest absolute Gasteiger partial charge is 0.478 e. The van der Waals surface area contributed by atoms with Crippen LogP contribution in [-0.2, 0) is 15.6 Å². The van der Waals surface area contributed by atoms with Crippen LogP contribution >= 0.6 is 0 Å². The first kappa shape index (κ1) is 12.8. The number of rotatable bonds is 3. The second-order valence-electron chi connectivity index (χ2n) is 4.17. The molecule has 6 heteroatoms. The quantitative estimate of drug-likeness (QED) is 0.875. The third-order valence-electron chi connectivity index (χ3n) is 2.95. The molecule has 96 valence electrons. The topological polar surface area (TPSA) is 74.7 Å². The van der Waals surface area contributed by atoms with E-state index in [1.54, 1.807) is 24.1 Å². The highest BCUT2D eigenvalue weighted by Crippen LogP contribution is 2.21. The molecular formula is C12H13NO4S. The average Bonchev–Trinajstić information content (AvgIpc) is 2.69. The fraction of sp³-hybridized carbons (Fsp3) is 0.333. The lowest BCUT2D eigenvalue weighted by molar-refractivity contribution is -0.126. The Bertz CT molecular complexity index is 529. The number of carboxylic acid groups (broad SMARTS) is 1. The number of hydrogen-bond acceptors (Lipinski definition) is 3. The predicted octanol–water partition coefficient (Wildman–Crippen LogP) is 0.723. The molecular weight excluding hydrogens is 254 g/mol. The first-order valence-corrected chi connectivity index (χ1v) is 6.71. The monoisotopic (exact) mass is 267 g/mol. The molecule has 0 aromatic heterocycles. The third-order valence-corrected chi connectivity index (χ3v) is 4.62. The van der Waals surface area contributed by atoms with Gasteiger partial charge < -0.3 is 10.0 Å². The molecule has 1 aromatic carbocycles. The SMILES string of the molecule is CN1CCC(S(=O)c2cccc(C(=O)O)c2)C1=O. The van der Waals surface area contributed by atoms with Gasteiger partial charge in [-0.05, 0) is 24.6 Å². The summed E-state index contributed by atoms with van der Waals surface area (Å²) in [5.41, 5.74) is 0.0830. The first-order valence-electron chi connectivity index (χ1n) is 5.49. The van der Waals surface area contributed by atoms with E-state index in [9.17, 15) is 13.8 Å². The van der Waals surface area contributed by atoms with E-state index in [2.05, 4.69) is 0 Å². The first-order chi connectivity index (χ1) is 8.50. The van der Waals surface area contributed by atoms with Crippen LogP contribution in [0.3, 0.4) is 0 Å². The van der Waals surface area contributed by atoms with Gasteiger partial charge in [0.1, 0.15) is 5.25 Å². The summed E-state index contributed by atoms with van der Waals surface area (Å²) < 4.78 is 12.2. The van der Waals surface area contributed by atoms with Crippen molar-refractivity contribution >= 4 is 22.7 Å². The van der Waals surface area contributed by atoms with Crippen molar-refractivity contribution in [2.24, 2.45) is 0 Å². The Morgan fingerprint density at radius 3 is 2.78 bits per heavy atom. The van der Waals surface area contributed by atoms with E-state index >= 15 is 0 Å². The standard InChI is InChI=1S/C12H13NO4S/c1-13-6-5-10(11(13)14)18(17)9-4-2-3-8(7-9)12(15)16/h2-4,7,10H,5-6H2,1H3,(H,15,16). The molecule has 0 radical (unpaired) electrons. The number of amides is 1. The number of carbonyl (C=O) groups is 2. The lowest BCUT2D eigenvalue weighted by Gasteiger charge is -2.10. The van der Waals surface area contributed by atoms with Crippen LogP contribution in [0, 0.1) is 0 Å². The van der Waals surface area contributed by atoms with E-state index in [0.29, 0.717) is 17.9 Å². The smallest absolute Gasteiger partial charge is 0.335 e. The van der Waals surface area contributed by atoms with Crippen molar-refractivity contribution in [2.45, 2.75) is 16.6 Å². The van der Waals surface area contributed by atoms with Crippen molar-refractivity contribution in [3.05, 3.63) is 29.8 Å². The van der Waals surface area contributed by atoms with Gasteiger partial charge in [-0.15, -0.1) is 0 Å². The van der Waals surface area contributed by atoms with Crippen molar-refractivity contribution < 1.29 is 18.9 Å². The fourth-order valence-electron chi connectivity index (χ4n) is 1.91. The Kier molecular flexibility index (Phi) is 3.47. The summed E-state index contributed by atoms with van der Waals surface area (Å²) in [5.74, 6) is -1.21. The van der Waals surface area contributed by atoms with Crippen LogP contribution in [0.2, 0.25) is 0 Å². The second-order valence-corrected chi connectivity index (χ2v) is 5.80. The van der Waals surface area contributed by atoms with Gasteiger partial charge in [0.05, 0.1) is 16.4 Å². The van der Waals surface area contributed by atoms with Crippen LogP contribution in [0.1, 0.15) is 16.8 Å².